The fourth-order valence-corrected chi connectivity index (χ4v) is 5.08. The third-order valence-electron chi connectivity index (χ3n) is 7.56. The second-order valence-electron chi connectivity index (χ2n) is 11.5. The van der Waals surface area contributed by atoms with Crippen LogP contribution in [0.1, 0.15) is 63.2 Å². The molecule has 2 heterocycles. The van der Waals surface area contributed by atoms with Crippen LogP contribution in [0.3, 0.4) is 0 Å². The molecule has 0 aliphatic carbocycles. The topological polar surface area (TPSA) is 75.0 Å². The average Bonchev–Trinajstić information content (AvgIpc) is 3.21. The Bertz CT molecular complexity index is 1250. The Hall–Kier alpha value is -3.16. The van der Waals surface area contributed by atoms with Gasteiger partial charge in [0, 0.05) is 43.6 Å². The SMILES string of the molecule is CC(OC(=O)c1cc2cc(CN3C[C@@H](C)N(Cc4ccccc4)[C@@H](C)C3)ccc2n1C(=O)O)C(C)(C)C. The summed E-state index contributed by atoms with van der Waals surface area (Å²) >= 11 is 0. The zero-order valence-corrected chi connectivity index (χ0v) is 22.8. The third kappa shape index (κ3) is 6.05. The van der Waals surface area contributed by atoms with Crippen molar-refractivity contribution in [2.75, 3.05) is 13.1 Å². The Morgan fingerprint density at radius 1 is 0.973 bits per heavy atom. The van der Waals surface area contributed by atoms with Crippen LogP contribution in [0.2, 0.25) is 0 Å². The largest absolute Gasteiger partial charge is 0.464 e. The first-order valence-corrected chi connectivity index (χ1v) is 13.0. The maximum Gasteiger partial charge on any atom is 0.416 e. The Kier molecular flexibility index (Phi) is 7.76. The average molecular weight is 506 g/mol. The number of benzene rings is 2. The molecule has 0 saturated carbocycles. The fraction of sp³-hybridized carbons (Fsp3) is 0.467. The zero-order chi connectivity index (χ0) is 26.9. The molecule has 1 unspecified atom stereocenters. The molecule has 1 aliphatic rings. The normalized spacial score (nSPS) is 20.2. The molecule has 2 aromatic carbocycles. The van der Waals surface area contributed by atoms with E-state index in [2.05, 4.69) is 47.9 Å². The first-order chi connectivity index (χ1) is 17.4. The third-order valence-corrected chi connectivity index (χ3v) is 7.56. The van der Waals surface area contributed by atoms with E-state index in [1.165, 1.54) is 5.56 Å². The van der Waals surface area contributed by atoms with Crippen LogP contribution in [0.25, 0.3) is 10.9 Å². The van der Waals surface area contributed by atoms with Gasteiger partial charge in [0.05, 0.1) is 5.52 Å². The van der Waals surface area contributed by atoms with Crippen LogP contribution in [-0.2, 0) is 17.8 Å². The maximum atomic E-state index is 12.9. The second-order valence-corrected chi connectivity index (χ2v) is 11.5. The minimum Gasteiger partial charge on any atom is -0.464 e. The summed E-state index contributed by atoms with van der Waals surface area (Å²) < 4.78 is 6.64. The van der Waals surface area contributed by atoms with Gasteiger partial charge in [-0.1, -0.05) is 57.2 Å². The fourth-order valence-electron chi connectivity index (χ4n) is 5.08. The summed E-state index contributed by atoms with van der Waals surface area (Å²) in [6.07, 6.45) is -1.56. The molecular weight excluding hydrogens is 466 g/mol. The number of hydrogen-bond acceptors (Lipinski definition) is 5. The number of piperazine rings is 1. The molecule has 1 aliphatic heterocycles. The summed E-state index contributed by atoms with van der Waals surface area (Å²) in [6, 6.07) is 18.8. The van der Waals surface area contributed by atoms with Crippen LogP contribution < -0.4 is 0 Å². The van der Waals surface area contributed by atoms with Gasteiger partial charge in [-0.15, -0.1) is 0 Å². The number of aromatic nitrogens is 1. The summed E-state index contributed by atoms with van der Waals surface area (Å²) in [5, 5.41) is 10.6. The number of carboxylic acid groups (broad SMARTS) is 1. The lowest BCUT2D eigenvalue weighted by atomic mass is 9.90. The van der Waals surface area contributed by atoms with Crippen molar-refractivity contribution in [2.45, 2.75) is 72.8 Å². The molecule has 1 saturated heterocycles. The smallest absolute Gasteiger partial charge is 0.416 e. The molecule has 1 N–H and O–H groups in total. The van der Waals surface area contributed by atoms with Crippen LogP contribution in [0, 0.1) is 5.41 Å². The van der Waals surface area contributed by atoms with Crippen LogP contribution >= 0.6 is 0 Å². The number of ether oxygens (including phenoxy) is 1. The summed E-state index contributed by atoms with van der Waals surface area (Å²) in [5.41, 5.74) is 2.69. The first kappa shape index (κ1) is 26.9. The Balaban J connectivity index is 1.50. The van der Waals surface area contributed by atoms with Gasteiger partial charge in [0.1, 0.15) is 11.8 Å². The zero-order valence-electron chi connectivity index (χ0n) is 22.8. The lowest BCUT2D eigenvalue weighted by Crippen LogP contribution is -2.55. The van der Waals surface area contributed by atoms with E-state index < -0.39 is 12.1 Å². The van der Waals surface area contributed by atoms with Gasteiger partial charge in [0.25, 0.3) is 0 Å². The van der Waals surface area contributed by atoms with Crippen LogP contribution in [0.4, 0.5) is 4.79 Å². The molecule has 7 heteroatoms. The molecular formula is C30H39N3O4. The van der Waals surface area contributed by atoms with Crippen LogP contribution in [0.15, 0.2) is 54.6 Å². The Labute approximate surface area is 219 Å². The summed E-state index contributed by atoms with van der Waals surface area (Å²) in [6.45, 7) is 15.9. The van der Waals surface area contributed by atoms with E-state index in [-0.39, 0.29) is 17.2 Å². The molecule has 1 aromatic heterocycles. The first-order valence-electron chi connectivity index (χ1n) is 13.0. The Morgan fingerprint density at radius 3 is 2.22 bits per heavy atom. The van der Waals surface area contributed by atoms with E-state index in [9.17, 15) is 14.7 Å². The van der Waals surface area contributed by atoms with Gasteiger partial charge in [-0.3, -0.25) is 9.80 Å². The van der Waals surface area contributed by atoms with E-state index in [0.717, 1.165) is 41.7 Å². The predicted molar refractivity (Wildman–Crippen MR) is 146 cm³/mol. The van der Waals surface area contributed by atoms with Crippen molar-refractivity contribution >= 4 is 23.0 Å². The monoisotopic (exact) mass is 505 g/mol. The number of carbonyl (C=O) groups excluding carboxylic acids is 1. The molecule has 198 valence electrons. The molecule has 7 nitrogen and oxygen atoms in total. The number of rotatable bonds is 6. The highest BCUT2D eigenvalue weighted by Crippen LogP contribution is 2.27. The summed E-state index contributed by atoms with van der Waals surface area (Å²) in [4.78, 5) is 30.0. The molecule has 0 amide bonds. The second kappa shape index (κ2) is 10.7. The number of fused-ring (bicyclic) bond motifs is 1. The highest BCUT2D eigenvalue weighted by atomic mass is 16.5. The Morgan fingerprint density at radius 2 is 1.62 bits per heavy atom. The summed E-state index contributed by atoms with van der Waals surface area (Å²) in [7, 11) is 0. The van der Waals surface area contributed by atoms with E-state index in [1.807, 2.05) is 45.9 Å². The van der Waals surface area contributed by atoms with Gasteiger partial charge >= 0.3 is 12.1 Å². The van der Waals surface area contributed by atoms with Crippen molar-refractivity contribution in [3.63, 3.8) is 0 Å². The quantitative estimate of drug-likeness (QED) is 0.424. The van der Waals surface area contributed by atoms with Crippen molar-refractivity contribution in [2.24, 2.45) is 5.41 Å². The van der Waals surface area contributed by atoms with E-state index in [0.29, 0.717) is 17.6 Å². The number of carbonyl (C=O) groups is 2. The number of esters is 1. The van der Waals surface area contributed by atoms with Crippen molar-refractivity contribution in [1.29, 1.82) is 0 Å². The highest BCUT2D eigenvalue weighted by molar-refractivity contribution is 6.01. The lowest BCUT2D eigenvalue weighted by molar-refractivity contribution is 0.00382. The van der Waals surface area contributed by atoms with Crippen molar-refractivity contribution in [3.8, 4) is 0 Å². The van der Waals surface area contributed by atoms with Gasteiger partial charge in [-0.2, -0.15) is 0 Å². The maximum absolute atomic E-state index is 12.9. The standard InChI is InChI=1S/C30H39N3O4/c1-20-16-31(17-21(2)32(20)19-23-10-8-7-9-11-23)18-24-12-13-26-25(14-24)15-27(33(26)29(35)36)28(34)37-22(3)30(4,5)6/h7-15,20-22H,16-19H2,1-6H3,(H,35,36)/t20-,21+,22?. The van der Waals surface area contributed by atoms with Crippen LogP contribution in [-0.4, -0.2) is 62.8 Å². The van der Waals surface area contributed by atoms with Crippen molar-refractivity contribution in [1.82, 2.24) is 14.4 Å². The van der Waals surface area contributed by atoms with Gasteiger partial charge in [-0.25, -0.2) is 14.2 Å². The van der Waals surface area contributed by atoms with Crippen molar-refractivity contribution in [3.05, 3.63) is 71.4 Å². The van der Waals surface area contributed by atoms with E-state index in [1.54, 1.807) is 12.1 Å². The molecule has 3 aromatic rings. The minimum atomic E-state index is -1.20. The lowest BCUT2D eigenvalue weighted by Gasteiger charge is -2.44. The van der Waals surface area contributed by atoms with Gasteiger partial charge in [0.15, 0.2) is 0 Å². The number of hydrogen-bond donors (Lipinski definition) is 1. The highest BCUT2D eigenvalue weighted by Gasteiger charge is 2.30. The minimum absolute atomic E-state index is 0.0347. The molecule has 0 bridgehead atoms. The summed E-state index contributed by atoms with van der Waals surface area (Å²) in [5.74, 6) is -0.625. The molecule has 0 radical (unpaired) electrons. The molecule has 1 fully saturated rings. The van der Waals surface area contributed by atoms with E-state index >= 15 is 0 Å². The van der Waals surface area contributed by atoms with Gasteiger partial charge < -0.3 is 9.84 Å². The predicted octanol–water partition coefficient (Wildman–Crippen LogP) is 5.85. The van der Waals surface area contributed by atoms with Crippen LogP contribution in [0.5, 0.6) is 0 Å². The van der Waals surface area contributed by atoms with Gasteiger partial charge in [-0.05, 0) is 55.5 Å². The molecule has 0 spiro atoms. The van der Waals surface area contributed by atoms with E-state index in [4.69, 9.17) is 4.74 Å². The van der Waals surface area contributed by atoms with Crippen molar-refractivity contribution < 1.29 is 19.4 Å². The molecule has 4 rings (SSSR count). The number of nitrogens with zero attached hydrogens (tertiary/aromatic N) is 3. The molecule has 37 heavy (non-hydrogen) atoms. The van der Waals surface area contributed by atoms with Gasteiger partial charge in [0.2, 0.25) is 0 Å². The molecule has 3 atom stereocenters.